The first-order valence-corrected chi connectivity index (χ1v) is 12.0. The Bertz CT molecular complexity index is 1340. The Morgan fingerprint density at radius 2 is 1.66 bits per heavy atom. The molecule has 6 nitrogen and oxygen atoms in total. The number of aryl methyl sites for hydroxylation is 1. The van der Waals surface area contributed by atoms with E-state index < -0.39 is 0 Å². The molecular formula is C28H27ClN4O2. The molecule has 1 aliphatic rings. The zero-order valence-corrected chi connectivity index (χ0v) is 20.6. The van der Waals surface area contributed by atoms with E-state index in [1.807, 2.05) is 47.4 Å². The van der Waals surface area contributed by atoms with Crippen molar-refractivity contribution in [2.45, 2.75) is 6.92 Å². The summed E-state index contributed by atoms with van der Waals surface area (Å²) in [4.78, 5) is 18.0. The number of halogens is 1. The van der Waals surface area contributed by atoms with Gasteiger partial charge in [0, 0.05) is 42.5 Å². The maximum absolute atomic E-state index is 13.7. The van der Waals surface area contributed by atoms with Gasteiger partial charge in [-0.15, -0.1) is 0 Å². The van der Waals surface area contributed by atoms with Crippen LogP contribution in [0.1, 0.15) is 16.1 Å². The average Bonchev–Trinajstić information content (AvgIpc) is 3.35. The van der Waals surface area contributed by atoms with Crippen molar-refractivity contribution < 1.29 is 9.53 Å². The molecule has 2 heterocycles. The molecule has 0 N–H and O–H groups in total. The summed E-state index contributed by atoms with van der Waals surface area (Å²) in [5.41, 5.74) is 5.37. The molecule has 0 saturated carbocycles. The summed E-state index contributed by atoms with van der Waals surface area (Å²) < 4.78 is 7.09. The van der Waals surface area contributed by atoms with E-state index >= 15 is 0 Å². The summed E-state index contributed by atoms with van der Waals surface area (Å²) in [6.07, 6.45) is 0. The predicted octanol–water partition coefficient (Wildman–Crippen LogP) is 5.47. The van der Waals surface area contributed by atoms with Gasteiger partial charge in [-0.25, -0.2) is 4.68 Å². The van der Waals surface area contributed by atoms with E-state index in [9.17, 15) is 4.79 Å². The number of carbonyl (C=O) groups is 1. The molecule has 1 aliphatic heterocycles. The Balaban J connectivity index is 1.45. The van der Waals surface area contributed by atoms with Crippen molar-refractivity contribution in [1.29, 1.82) is 0 Å². The van der Waals surface area contributed by atoms with Gasteiger partial charge in [0.2, 0.25) is 0 Å². The van der Waals surface area contributed by atoms with Crippen LogP contribution in [0.15, 0.2) is 78.9 Å². The van der Waals surface area contributed by atoms with Gasteiger partial charge in [-0.05, 0) is 61.0 Å². The van der Waals surface area contributed by atoms with Crippen LogP contribution >= 0.6 is 11.6 Å². The second-order valence-corrected chi connectivity index (χ2v) is 9.04. The van der Waals surface area contributed by atoms with Gasteiger partial charge in [0.25, 0.3) is 5.91 Å². The molecule has 1 amide bonds. The molecule has 0 atom stereocenters. The van der Waals surface area contributed by atoms with Gasteiger partial charge in [0.1, 0.15) is 11.4 Å². The molecule has 0 radical (unpaired) electrons. The number of para-hydroxylation sites is 1. The largest absolute Gasteiger partial charge is 0.497 e. The normalized spacial score (nSPS) is 13.7. The number of hydrogen-bond donors (Lipinski definition) is 0. The quantitative estimate of drug-likeness (QED) is 0.375. The Morgan fingerprint density at radius 1 is 0.914 bits per heavy atom. The smallest absolute Gasteiger partial charge is 0.272 e. The van der Waals surface area contributed by atoms with Gasteiger partial charge in [-0.1, -0.05) is 41.9 Å². The number of aromatic nitrogens is 2. The Morgan fingerprint density at radius 3 is 2.37 bits per heavy atom. The van der Waals surface area contributed by atoms with Crippen molar-refractivity contribution in [2.75, 3.05) is 38.2 Å². The number of methoxy groups -OCH3 is 1. The van der Waals surface area contributed by atoms with Crippen molar-refractivity contribution in [3.63, 3.8) is 0 Å². The highest BCUT2D eigenvalue weighted by atomic mass is 35.5. The lowest BCUT2D eigenvalue weighted by atomic mass is 10.1. The summed E-state index contributed by atoms with van der Waals surface area (Å²) in [6, 6.07) is 25.3. The molecule has 0 aliphatic carbocycles. The zero-order chi connectivity index (χ0) is 24.4. The number of carbonyl (C=O) groups excluding carboxylic acids is 1. The third-order valence-electron chi connectivity index (χ3n) is 6.39. The zero-order valence-electron chi connectivity index (χ0n) is 19.8. The van der Waals surface area contributed by atoms with Crippen LogP contribution in [0.2, 0.25) is 5.02 Å². The van der Waals surface area contributed by atoms with Crippen LogP contribution in [-0.4, -0.2) is 53.9 Å². The third-order valence-corrected chi connectivity index (χ3v) is 6.64. The summed E-state index contributed by atoms with van der Waals surface area (Å²) >= 11 is 6.11. The topological polar surface area (TPSA) is 50.6 Å². The lowest BCUT2D eigenvalue weighted by molar-refractivity contribution is 0.0737. The van der Waals surface area contributed by atoms with Gasteiger partial charge in [0.15, 0.2) is 0 Å². The van der Waals surface area contributed by atoms with E-state index in [4.69, 9.17) is 21.4 Å². The molecule has 1 fully saturated rings. The van der Waals surface area contributed by atoms with E-state index in [1.54, 1.807) is 23.9 Å². The predicted molar refractivity (Wildman–Crippen MR) is 140 cm³/mol. The highest BCUT2D eigenvalue weighted by Gasteiger charge is 2.27. The average molecular weight is 487 g/mol. The van der Waals surface area contributed by atoms with Gasteiger partial charge >= 0.3 is 0 Å². The Hall–Kier alpha value is -3.77. The molecule has 0 bridgehead atoms. The van der Waals surface area contributed by atoms with Crippen LogP contribution in [0.5, 0.6) is 5.75 Å². The highest BCUT2D eigenvalue weighted by molar-refractivity contribution is 6.30. The SMILES string of the molecule is COc1cccc(-c2cc(C(=O)N3CCN(c4ccccc4C)CC3)n(-c3ccc(Cl)cc3)n2)c1. The molecule has 4 aromatic rings. The number of rotatable bonds is 5. The van der Waals surface area contributed by atoms with E-state index in [0.717, 1.165) is 30.1 Å². The van der Waals surface area contributed by atoms with Gasteiger partial charge in [-0.3, -0.25) is 4.79 Å². The number of hydrogen-bond acceptors (Lipinski definition) is 4. The lowest BCUT2D eigenvalue weighted by Crippen LogP contribution is -2.49. The van der Waals surface area contributed by atoms with Crippen LogP contribution in [0.4, 0.5) is 5.69 Å². The van der Waals surface area contributed by atoms with E-state index in [-0.39, 0.29) is 5.91 Å². The van der Waals surface area contributed by atoms with Crippen LogP contribution < -0.4 is 9.64 Å². The molecule has 0 spiro atoms. The second-order valence-electron chi connectivity index (χ2n) is 8.60. The van der Waals surface area contributed by atoms with Gasteiger partial charge in [-0.2, -0.15) is 5.10 Å². The fourth-order valence-electron chi connectivity index (χ4n) is 4.47. The number of amides is 1. The molecule has 0 unspecified atom stereocenters. The fraction of sp³-hybridized carbons (Fsp3) is 0.214. The highest BCUT2D eigenvalue weighted by Crippen LogP contribution is 2.27. The van der Waals surface area contributed by atoms with Crippen molar-refractivity contribution in [2.24, 2.45) is 0 Å². The number of nitrogens with zero attached hydrogens (tertiary/aromatic N) is 4. The number of ether oxygens (including phenoxy) is 1. The van der Waals surface area contributed by atoms with Gasteiger partial charge < -0.3 is 14.5 Å². The van der Waals surface area contributed by atoms with Crippen LogP contribution in [-0.2, 0) is 0 Å². The number of benzene rings is 3. The molecule has 3 aromatic carbocycles. The molecule has 5 rings (SSSR count). The Kier molecular flexibility index (Phi) is 6.47. The molecule has 1 saturated heterocycles. The van der Waals surface area contributed by atoms with Crippen LogP contribution in [0.25, 0.3) is 16.9 Å². The summed E-state index contributed by atoms with van der Waals surface area (Å²) in [7, 11) is 1.64. The number of piperazine rings is 1. The van der Waals surface area contributed by atoms with Gasteiger partial charge in [0.05, 0.1) is 18.5 Å². The minimum absolute atomic E-state index is 0.0361. The standard InChI is InChI=1S/C28H27ClN4O2/c1-20-6-3-4-9-26(20)31-14-16-32(17-15-31)28(34)27-19-25(21-7-5-8-24(18-21)35-2)30-33(27)23-12-10-22(29)11-13-23/h3-13,18-19H,14-17H2,1-2H3. The Labute approximate surface area is 210 Å². The molecule has 178 valence electrons. The van der Waals surface area contributed by atoms with Crippen molar-refractivity contribution in [1.82, 2.24) is 14.7 Å². The van der Waals surface area contributed by atoms with Crippen molar-refractivity contribution in [3.05, 3.63) is 95.1 Å². The first-order chi connectivity index (χ1) is 17.0. The maximum atomic E-state index is 13.7. The van der Waals surface area contributed by atoms with E-state index in [0.29, 0.717) is 29.5 Å². The van der Waals surface area contributed by atoms with Crippen molar-refractivity contribution in [3.8, 4) is 22.7 Å². The summed E-state index contributed by atoms with van der Waals surface area (Å²) in [5.74, 6) is 0.703. The summed E-state index contributed by atoms with van der Waals surface area (Å²) in [5, 5.41) is 5.44. The first kappa shape index (κ1) is 23.0. The molecule has 1 aromatic heterocycles. The van der Waals surface area contributed by atoms with E-state index in [1.165, 1.54) is 11.3 Å². The van der Waals surface area contributed by atoms with Crippen molar-refractivity contribution >= 4 is 23.2 Å². The minimum atomic E-state index is -0.0361. The molecular weight excluding hydrogens is 460 g/mol. The van der Waals surface area contributed by atoms with Crippen LogP contribution in [0, 0.1) is 6.92 Å². The fourth-order valence-corrected chi connectivity index (χ4v) is 4.59. The third kappa shape index (κ3) is 4.75. The number of anilines is 1. The minimum Gasteiger partial charge on any atom is -0.497 e. The van der Waals surface area contributed by atoms with Crippen LogP contribution in [0.3, 0.4) is 0 Å². The first-order valence-electron chi connectivity index (χ1n) is 11.6. The maximum Gasteiger partial charge on any atom is 0.272 e. The molecule has 35 heavy (non-hydrogen) atoms. The monoisotopic (exact) mass is 486 g/mol. The second kappa shape index (κ2) is 9.84. The lowest BCUT2D eigenvalue weighted by Gasteiger charge is -2.36. The van der Waals surface area contributed by atoms with E-state index in [2.05, 4.69) is 36.1 Å². The summed E-state index contributed by atoms with van der Waals surface area (Å²) in [6.45, 7) is 4.99. The molecule has 7 heteroatoms.